The third-order valence-electron chi connectivity index (χ3n) is 5.17. The molecule has 1 heterocycles. The Labute approximate surface area is 209 Å². The summed E-state index contributed by atoms with van der Waals surface area (Å²) in [6.45, 7) is 3.66. The Bertz CT molecular complexity index is 1600. The zero-order valence-electron chi connectivity index (χ0n) is 19.3. The molecule has 1 amide bonds. The molecule has 0 aliphatic heterocycles. The topological polar surface area (TPSA) is 135 Å². The van der Waals surface area contributed by atoms with Crippen LogP contribution in [0, 0.1) is 13.8 Å². The van der Waals surface area contributed by atoms with Gasteiger partial charge in [-0.2, -0.15) is 0 Å². The van der Waals surface area contributed by atoms with Crippen LogP contribution in [-0.4, -0.2) is 22.7 Å². The molecule has 0 saturated heterocycles. The van der Waals surface area contributed by atoms with E-state index in [1.54, 1.807) is 30.3 Å². The lowest BCUT2D eigenvalue weighted by molar-refractivity contribution is 0.0996. The van der Waals surface area contributed by atoms with Gasteiger partial charge < -0.3 is 9.73 Å². The van der Waals surface area contributed by atoms with E-state index in [9.17, 15) is 21.6 Å². The van der Waals surface area contributed by atoms with Gasteiger partial charge in [-0.15, -0.1) is 0 Å². The fourth-order valence-electron chi connectivity index (χ4n) is 3.24. The first kappa shape index (κ1) is 25.0. The highest BCUT2D eigenvalue weighted by atomic mass is 32.2. The van der Waals surface area contributed by atoms with Crippen molar-refractivity contribution in [2.45, 2.75) is 23.6 Å². The third kappa shape index (κ3) is 5.75. The van der Waals surface area contributed by atoms with E-state index in [0.29, 0.717) is 0 Å². The van der Waals surface area contributed by atoms with Crippen LogP contribution in [0.1, 0.15) is 21.7 Å². The Hall–Kier alpha value is -4.09. The third-order valence-corrected chi connectivity index (χ3v) is 7.94. The highest BCUT2D eigenvalue weighted by molar-refractivity contribution is 7.93. The number of hydrogen-bond acceptors (Lipinski definition) is 6. The standard InChI is InChI=1S/C25H23N3O6S2/c1-17-5-10-20(11-6-17)35(30,31)27-22-14-9-19(26-25(29)24-4-3-15-34-24)16-23(22)28-36(32,33)21-12-7-18(2)8-13-21/h3-16,27-28H,1-2H3,(H,26,29). The summed E-state index contributed by atoms with van der Waals surface area (Å²) in [5.41, 5.74) is 1.88. The average molecular weight is 526 g/mol. The fraction of sp³-hybridized carbons (Fsp3) is 0.0800. The minimum absolute atomic E-state index is 0.00883. The van der Waals surface area contributed by atoms with Gasteiger partial charge in [-0.05, 0) is 68.4 Å². The zero-order chi connectivity index (χ0) is 25.9. The van der Waals surface area contributed by atoms with Crippen molar-refractivity contribution in [1.82, 2.24) is 0 Å². The van der Waals surface area contributed by atoms with Gasteiger partial charge >= 0.3 is 0 Å². The van der Waals surface area contributed by atoms with Crippen molar-refractivity contribution in [3.05, 3.63) is 102 Å². The molecule has 0 aliphatic rings. The number of amides is 1. The largest absolute Gasteiger partial charge is 0.459 e. The number of anilines is 3. The first-order valence-electron chi connectivity index (χ1n) is 10.7. The smallest absolute Gasteiger partial charge is 0.291 e. The molecule has 9 nitrogen and oxygen atoms in total. The molecule has 0 radical (unpaired) electrons. The number of furan rings is 1. The summed E-state index contributed by atoms with van der Waals surface area (Å²) in [4.78, 5) is 12.4. The molecule has 0 aliphatic carbocycles. The monoisotopic (exact) mass is 525 g/mol. The van der Waals surface area contributed by atoms with E-state index >= 15 is 0 Å². The van der Waals surface area contributed by atoms with Crippen LogP contribution >= 0.6 is 0 Å². The molecule has 4 aromatic rings. The Morgan fingerprint density at radius 3 is 1.72 bits per heavy atom. The van der Waals surface area contributed by atoms with Gasteiger partial charge in [-0.1, -0.05) is 35.4 Å². The van der Waals surface area contributed by atoms with Crippen molar-refractivity contribution in [2.24, 2.45) is 0 Å². The van der Waals surface area contributed by atoms with Crippen LogP contribution in [0.15, 0.2) is 99.3 Å². The van der Waals surface area contributed by atoms with Crippen LogP contribution in [-0.2, 0) is 20.0 Å². The number of rotatable bonds is 8. The summed E-state index contributed by atoms with van der Waals surface area (Å²) in [6.07, 6.45) is 1.35. The van der Waals surface area contributed by atoms with Crippen LogP contribution in [0.3, 0.4) is 0 Å². The second-order valence-corrected chi connectivity index (χ2v) is 11.4. The lowest BCUT2D eigenvalue weighted by Gasteiger charge is -2.16. The first-order valence-corrected chi connectivity index (χ1v) is 13.7. The predicted molar refractivity (Wildman–Crippen MR) is 137 cm³/mol. The van der Waals surface area contributed by atoms with Crippen LogP contribution in [0.5, 0.6) is 0 Å². The maximum Gasteiger partial charge on any atom is 0.291 e. The molecule has 186 valence electrons. The summed E-state index contributed by atoms with van der Waals surface area (Å²) < 4.78 is 62.0. The number of aryl methyl sites for hydroxylation is 2. The van der Waals surface area contributed by atoms with Crippen molar-refractivity contribution < 1.29 is 26.0 Å². The molecule has 0 spiro atoms. The lowest BCUT2D eigenvalue weighted by atomic mass is 10.2. The van der Waals surface area contributed by atoms with Gasteiger partial charge in [0.1, 0.15) is 0 Å². The molecule has 1 aromatic heterocycles. The summed E-state index contributed by atoms with van der Waals surface area (Å²) in [5.74, 6) is -0.499. The van der Waals surface area contributed by atoms with Gasteiger partial charge in [0.25, 0.3) is 26.0 Å². The van der Waals surface area contributed by atoms with Crippen molar-refractivity contribution in [3.8, 4) is 0 Å². The van der Waals surface area contributed by atoms with Gasteiger partial charge in [-0.25, -0.2) is 16.8 Å². The molecular formula is C25H23N3O6S2. The van der Waals surface area contributed by atoms with Crippen molar-refractivity contribution in [2.75, 3.05) is 14.8 Å². The predicted octanol–water partition coefficient (Wildman–Crippen LogP) is 4.75. The number of carbonyl (C=O) groups excluding carboxylic acids is 1. The number of sulfonamides is 2. The van der Waals surface area contributed by atoms with Crippen molar-refractivity contribution in [3.63, 3.8) is 0 Å². The number of nitrogens with one attached hydrogen (secondary N) is 3. The van der Waals surface area contributed by atoms with Gasteiger partial charge in [-0.3, -0.25) is 14.2 Å². The van der Waals surface area contributed by atoms with Crippen molar-refractivity contribution in [1.29, 1.82) is 0 Å². The molecule has 4 rings (SSSR count). The minimum atomic E-state index is -4.08. The normalized spacial score (nSPS) is 11.6. The summed E-state index contributed by atoms with van der Waals surface area (Å²) >= 11 is 0. The van der Waals surface area contributed by atoms with Gasteiger partial charge in [0.15, 0.2) is 5.76 Å². The summed E-state index contributed by atoms with van der Waals surface area (Å²) in [6, 6.07) is 19.5. The van der Waals surface area contributed by atoms with Crippen LogP contribution in [0.25, 0.3) is 0 Å². The first-order chi connectivity index (χ1) is 17.0. The van der Waals surface area contributed by atoms with E-state index in [1.165, 1.54) is 54.8 Å². The van der Waals surface area contributed by atoms with E-state index in [2.05, 4.69) is 14.8 Å². The number of hydrogen-bond donors (Lipinski definition) is 3. The van der Waals surface area contributed by atoms with Crippen LogP contribution in [0.4, 0.5) is 17.1 Å². The fourth-order valence-corrected chi connectivity index (χ4v) is 5.39. The second kappa shape index (κ2) is 9.88. The van der Waals surface area contributed by atoms with E-state index in [1.807, 2.05) is 13.8 Å². The molecule has 0 atom stereocenters. The molecule has 36 heavy (non-hydrogen) atoms. The molecule has 0 bridgehead atoms. The minimum Gasteiger partial charge on any atom is -0.459 e. The molecule has 3 aromatic carbocycles. The van der Waals surface area contributed by atoms with Crippen LogP contribution in [0.2, 0.25) is 0 Å². The van der Waals surface area contributed by atoms with E-state index in [0.717, 1.165) is 11.1 Å². The quantitative estimate of drug-likeness (QED) is 0.304. The van der Waals surface area contributed by atoms with Gasteiger partial charge in [0, 0.05) is 5.69 Å². The molecule has 0 saturated carbocycles. The second-order valence-electron chi connectivity index (χ2n) is 8.03. The summed E-state index contributed by atoms with van der Waals surface area (Å²) in [7, 11) is -8.12. The summed E-state index contributed by atoms with van der Waals surface area (Å²) in [5, 5.41) is 2.60. The van der Waals surface area contributed by atoms with Gasteiger partial charge in [0.05, 0.1) is 27.4 Å². The van der Waals surface area contributed by atoms with E-state index in [-0.39, 0.29) is 32.6 Å². The van der Waals surface area contributed by atoms with Gasteiger partial charge in [0.2, 0.25) is 0 Å². The molecule has 3 N–H and O–H groups in total. The van der Waals surface area contributed by atoms with Crippen molar-refractivity contribution >= 4 is 43.0 Å². The average Bonchev–Trinajstić information content (AvgIpc) is 3.36. The highest BCUT2D eigenvalue weighted by Crippen LogP contribution is 2.31. The zero-order valence-corrected chi connectivity index (χ0v) is 21.0. The van der Waals surface area contributed by atoms with E-state index in [4.69, 9.17) is 4.42 Å². The lowest BCUT2D eigenvalue weighted by Crippen LogP contribution is -2.18. The number of benzene rings is 3. The Balaban J connectivity index is 1.71. The Morgan fingerprint density at radius 1 is 0.694 bits per heavy atom. The maximum absolute atomic E-state index is 13.1. The number of carbonyl (C=O) groups is 1. The SMILES string of the molecule is Cc1ccc(S(=O)(=O)Nc2ccc(NC(=O)c3ccco3)cc2NS(=O)(=O)c2ccc(C)cc2)cc1. The Kier molecular flexibility index (Phi) is 6.86. The molecule has 11 heteroatoms. The van der Waals surface area contributed by atoms with Crippen LogP contribution < -0.4 is 14.8 Å². The Morgan fingerprint density at radius 2 is 1.22 bits per heavy atom. The molecular weight excluding hydrogens is 502 g/mol. The van der Waals surface area contributed by atoms with E-state index < -0.39 is 26.0 Å². The molecule has 0 unspecified atom stereocenters. The maximum atomic E-state index is 13.1. The highest BCUT2D eigenvalue weighted by Gasteiger charge is 2.21. The molecule has 0 fully saturated rings.